The van der Waals surface area contributed by atoms with Gasteiger partial charge in [0.05, 0.1) is 6.54 Å². The van der Waals surface area contributed by atoms with E-state index in [4.69, 9.17) is 4.74 Å². The highest BCUT2D eigenvalue weighted by atomic mass is 16.5. The minimum Gasteiger partial charge on any atom is -0.481 e. The summed E-state index contributed by atoms with van der Waals surface area (Å²) in [6, 6.07) is 6.05. The molecule has 0 spiro atoms. The summed E-state index contributed by atoms with van der Waals surface area (Å²) in [5.41, 5.74) is 2.71. The highest BCUT2D eigenvalue weighted by molar-refractivity contribution is 5.88. The summed E-state index contributed by atoms with van der Waals surface area (Å²) < 4.78 is 5.77. The van der Waals surface area contributed by atoms with Crippen molar-refractivity contribution in [1.29, 1.82) is 0 Å². The van der Waals surface area contributed by atoms with Gasteiger partial charge in [0.25, 0.3) is 5.91 Å². The van der Waals surface area contributed by atoms with Gasteiger partial charge in [0.15, 0.2) is 6.10 Å². The van der Waals surface area contributed by atoms with E-state index in [0.717, 1.165) is 18.6 Å². The van der Waals surface area contributed by atoms with E-state index >= 15 is 0 Å². The predicted molar refractivity (Wildman–Crippen MR) is 78.1 cm³/mol. The van der Waals surface area contributed by atoms with Crippen molar-refractivity contribution in [3.05, 3.63) is 29.3 Å². The van der Waals surface area contributed by atoms with E-state index in [2.05, 4.69) is 11.4 Å². The van der Waals surface area contributed by atoms with Crippen LogP contribution in [0.3, 0.4) is 0 Å². The largest absolute Gasteiger partial charge is 0.481 e. The van der Waals surface area contributed by atoms with Crippen molar-refractivity contribution in [1.82, 2.24) is 10.2 Å². The molecule has 1 aromatic rings. The zero-order valence-electron chi connectivity index (χ0n) is 12.2. The first-order chi connectivity index (χ1) is 10.1. The monoisotopic (exact) mass is 288 g/mol. The van der Waals surface area contributed by atoms with Gasteiger partial charge < -0.3 is 15.0 Å². The number of hydrogen-bond donors (Lipinski definition) is 1. The molecule has 0 radical (unpaired) electrons. The number of aryl methyl sites for hydroxylation is 2. The Labute approximate surface area is 124 Å². The standard InChI is InChI=1S/C16H20N2O3/c1-11(16(20)18-8-7-17-15(19)10-18)21-14-6-5-12-3-2-4-13(12)9-14/h5-6,9,11H,2-4,7-8,10H2,1H3,(H,17,19). The Bertz CT molecular complexity index is 571. The molecule has 0 aromatic heterocycles. The van der Waals surface area contributed by atoms with Gasteiger partial charge in [0.1, 0.15) is 5.75 Å². The number of fused-ring (bicyclic) bond motifs is 1. The van der Waals surface area contributed by atoms with Crippen molar-refractivity contribution < 1.29 is 14.3 Å². The maximum absolute atomic E-state index is 12.3. The number of piperazine rings is 1. The first-order valence-corrected chi connectivity index (χ1v) is 7.47. The molecule has 1 saturated heterocycles. The number of nitrogens with zero attached hydrogens (tertiary/aromatic N) is 1. The van der Waals surface area contributed by atoms with Crippen LogP contribution in [0, 0.1) is 0 Å². The summed E-state index contributed by atoms with van der Waals surface area (Å²) >= 11 is 0. The van der Waals surface area contributed by atoms with Crippen LogP contribution in [0.5, 0.6) is 5.75 Å². The fourth-order valence-electron chi connectivity index (χ4n) is 2.96. The van der Waals surface area contributed by atoms with Gasteiger partial charge in [-0.15, -0.1) is 0 Å². The fourth-order valence-corrected chi connectivity index (χ4v) is 2.96. The Balaban J connectivity index is 1.64. The van der Waals surface area contributed by atoms with E-state index < -0.39 is 6.10 Å². The van der Waals surface area contributed by atoms with Crippen LogP contribution >= 0.6 is 0 Å². The molecule has 1 unspecified atom stereocenters. The molecule has 112 valence electrons. The molecule has 1 atom stereocenters. The van der Waals surface area contributed by atoms with Crippen molar-refractivity contribution in [3.8, 4) is 5.75 Å². The average molecular weight is 288 g/mol. The maximum atomic E-state index is 12.3. The molecule has 1 heterocycles. The lowest BCUT2D eigenvalue weighted by Gasteiger charge is -2.29. The molecule has 2 aliphatic rings. The third-order valence-corrected chi connectivity index (χ3v) is 4.08. The smallest absolute Gasteiger partial charge is 0.263 e. The zero-order valence-corrected chi connectivity index (χ0v) is 12.2. The van der Waals surface area contributed by atoms with Gasteiger partial charge in [-0.1, -0.05) is 6.07 Å². The topological polar surface area (TPSA) is 58.6 Å². The maximum Gasteiger partial charge on any atom is 0.263 e. The highest BCUT2D eigenvalue weighted by Crippen LogP contribution is 2.26. The number of benzene rings is 1. The third-order valence-electron chi connectivity index (χ3n) is 4.08. The van der Waals surface area contributed by atoms with E-state index in [1.165, 1.54) is 17.5 Å². The molecule has 0 saturated carbocycles. The SMILES string of the molecule is CC(Oc1ccc2c(c1)CCC2)C(=O)N1CCNC(=O)C1. The minimum atomic E-state index is -0.574. The number of amides is 2. The first kappa shape index (κ1) is 13.9. The Hall–Kier alpha value is -2.04. The van der Waals surface area contributed by atoms with Crippen LogP contribution in [-0.2, 0) is 22.4 Å². The van der Waals surface area contributed by atoms with Crippen LogP contribution in [0.2, 0.25) is 0 Å². The molecule has 2 amide bonds. The summed E-state index contributed by atoms with van der Waals surface area (Å²) in [6.45, 7) is 2.91. The second-order valence-electron chi connectivity index (χ2n) is 5.65. The molecule has 0 bridgehead atoms. The molecule has 1 fully saturated rings. The summed E-state index contributed by atoms with van der Waals surface area (Å²) in [5.74, 6) is 0.489. The van der Waals surface area contributed by atoms with Gasteiger partial charge in [-0.25, -0.2) is 0 Å². The van der Waals surface area contributed by atoms with Crippen LogP contribution in [0.1, 0.15) is 24.5 Å². The predicted octanol–water partition coefficient (Wildman–Crippen LogP) is 0.901. The van der Waals surface area contributed by atoms with Crippen molar-refractivity contribution in [2.24, 2.45) is 0 Å². The molecule has 5 nitrogen and oxygen atoms in total. The second kappa shape index (κ2) is 5.76. The summed E-state index contributed by atoms with van der Waals surface area (Å²) in [4.78, 5) is 25.2. The van der Waals surface area contributed by atoms with Crippen LogP contribution < -0.4 is 10.1 Å². The number of rotatable bonds is 3. The molecule has 3 rings (SSSR count). The molecule has 5 heteroatoms. The van der Waals surface area contributed by atoms with Crippen LogP contribution in [-0.4, -0.2) is 42.5 Å². The average Bonchev–Trinajstić information content (AvgIpc) is 2.94. The molecule has 1 aromatic carbocycles. The Morgan fingerprint density at radius 2 is 2.14 bits per heavy atom. The van der Waals surface area contributed by atoms with Gasteiger partial charge in [0, 0.05) is 13.1 Å². The fraction of sp³-hybridized carbons (Fsp3) is 0.500. The van der Waals surface area contributed by atoms with Gasteiger partial charge in [-0.05, 0) is 49.4 Å². The number of nitrogens with one attached hydrogen (secondary N) is 1. The Morgan fingerprint density at radius 3 is 2.95 bits per heavy atom. The van der Waals surface area contributed by atoms with Crippen molar-refractivity contribution in [3.63, 3.8) is 0 Å². The van der Waals surface area contributed by atoms with Crippen LogP contribution in [0.25, 0.3) is 0 Å². The van der Waals surface area contributed by atoms with Gasteiger partial charge >= 0.3 is 0 Å². The number of hydrogen-bond acceptors (Lipinski definition) is 3. The second-order valence-corrected chi connectivity index (χ2v) is 5.65. The summed E-state index contributed by atoms with van der Waals surface area (Å²) in [5, 5.41) is 2.71. The molecular weight excluding hydrogens is 268 g/mol. The summed E-state index contributed by atoms with van der Waals surface area (Å²) in [7, 11) is 0. The molecule has 1 aliphatic heterocycles. The Morgan fingerprint density at radius 1 is 1.33 bits per heavy atom. The third kappa shape index (κ3) is 3.01. The van der Waals surface area contributed by atoms with E-state index in [9.17, 15) is 9.59 Å². The molecule has 1 aliphatic carbocycles. The quantitative estimate of drug-likeness (QED) is 0.899. The zero-order chi connectivity index (χ0) is 14.8. The first-order valence-electron chi connectivity index (χ1n) is 7.47. The lowest BCUT2D eigenvalue weighted by molar-refractivity contribution is -0.143. The van der Waals surface area contributed by atoms with Crippen molar-refractivity contribution in [2.75, 3.05) is 19.6 Å². The van der Waals surface area contributed by atoms with Gasteiger partial charge in [-0.2, -0.15) is 0 Å². The van der Waals surface area contributed by atoms with Crippen LogP contribution in [0.4, 0.5) is 0 Å². The van der Waals surface area contributed by atoms with Gasteiger partial charge in [-0.3, -0.25) is 9.59 Å². The molecule has 1 N–H and O–H groups in total. The summed E-state index contributed by atoms with van der Waals surface area (Å²) in [6.07, 6.45) is 2.83. The Kier molecular flexibility index (Phi) is 3.82. The number of ether oxygens (including phenoxy) is 1. The van der Waals surface area contributed by atoms with E-state index in [1.54, 1.807) is 11.8 Å². The lowest BCUT2D eigenvalue weighted by atomic mass is 10.1. The molecular formula is C16H20N2O3. The minimum absolute atomic E-state index is 0.112. The van der Waals surface area contributed by atoms with Crippen molar-refractivity contribution in [2.45, 2.75) is 32.3 Å². The van der Waals surface area contributed by atoms with E-state index in [-0.39, 0.29) is 18.4 Å². The van der Waals surface area contributed by atoms with E-state index in [0.29, 0.717) is 13.1 Å². The van der Waals surface area contributed by atoms with Gasteiger partial charge in [0.2, 0.25) is 5.91 Å². The van der Waals surface area contributed by atoms with Crippen LogP contribution in [0.15, 0.2) is 18.2 Å². The lowest BCUT2D eigenvalue weighted by Crippen LogP contribution is -2.53. The van der Waals surface area contributed by atoms with Crippen molar-refractivity contribution >= 4 is 11.8 Å². The highest BCUT2D eigenvalue weighted by Gasteiger charge is 2.26. The number of carbonyl (C=O) groups excluding carboxylic acids is 2. The van der Waals surface area contributed by atoms with E-state index in [1.807, 2.05) is 12.1 Å². The normalized spacial score (nSPS) is 18.9. The molecule has 21 heavy (non-hydrogen) atoms. The number of carbonyl (C=O) groups is 2.